The molecule has 0 heterocycles. The van der Waals surface area contributed by atoms with Gasteiger partial charge in [-0.3, -0.25) is 4.84 Å². The van der Waals surface area contributed by atoms with Crippen molar-refractivity contribution in [2.45, 2.75) is 32.6 Å². The van der Waals surface area contributed by atoms with Crippen LogP contribution in [0.2, 0.25) is 0 Å². The number of benzene rings is 1. The van der Waals surface area contributed by atoms with Crippen LogP contribution < -0.4 is 0 Å². The number of halogens is 1. The molecule has 0 radical (unpaired) electrons. The van der Waals surface area contributed by atoms with Crippen molar-refractivity contribution in [1.29, 1.82) is 0 Å². The average Bonchev–Trinajstić information content (AvgIpc) is 2.23. The van der Waals surface area contributed by atoms with Gasteiger partial charge in [-0.1, -0.05) is 18.3 Å². The molecule has 0 aliphatic carbocycles. The lowest BCUT2D eigenvalue weighted by atomic mass is 10.1. The molecule has 19 heavy (non-hydrogen) atoms. The van der Waals surface area contributed by atoms with E-state index in [4.69, 9.17) is 4.84 Å². The van der Waals surface area contributed by atoms with Gasteiger partial charge in [0, 0.05) is 6.54 Å². The first-order valence-electron chi connectivity index (χ1n) is 6.03. The van der Waals surface area contributed by atoms with E-state index in [1.807, 2.05) is 13.8 Å². The number of aryl methyl sites for hydroxylation is 2. The highest BCUT2D eigenvalue weighted by Gasteiger charge is 2.29. The number of nitrogens with zero attached hydrogens (tertiary/aromatic N) is 1. The fourth-order valence-electron chi connectivity index (χ4n) is 1.98. The molecule has 0 saturated heterocycles. The van der Waals surface area contributed by atoms with Crippen LogP contribution in [-0.4, -0.2) is 26.5 Å². The topological polar surface area (TPSA) is 46.6 Å². The van der Waals surface area contributed by atoms with Gasteiger partial charge < -0.3 is 0 Å². The zero-order valence-corrected chi connectivity index (χ0v) is 12.7. The van der Waals surface area contributed by atoms with E-state index in [-0.39, 0.29) is 17.4 Å². The number of hydroxylamine groups is 1. The molecule has 0 saturated carbocycles. The van der Waals surface area contributed by atoms with Crippen molar-refractivity contribution in [1.82, 2.24) is 4.47 Å². The second-order valence-electron chi connectivity index (χ2n) is 4.94. The molecule has 0 bridgehead atoms. The third kappa shape index (κ3) is 3.52. The van der Waals surface area contributed by atoms with Crippen LogP contribution in [0.25, 0.3) is 0 Å². The Balaban J connectivity index is 3.34. The molecule has 0 aromatic heterocycles. The van der Waals surface area contributed by atoms with Crippen molar-refractivity contribution in [3.8, 4) is 0 Å². The summed E-state index contributed by atoms with van der Waals surface area (Å²) in [5.41, 5.74) is 0.756. The van der Waals surface area contributed by atoms with Gasteiger partial charge in [-0.2, -0.15) is 0 Å². The number of hydrogen-bond acceptors (Lipinski definition) is 3. The molecular formula is C13H20FNO3S. The molecule has 1 rings (SSSR count). The molecular weight excluding hydrogens is 269 g/mol. The first-order valence-corrected chi connectivity index (χ1v) is 7.47. The third-order valence-electron chi connectivity index (χ3n) is 2.67. The Kier molecular flexibility index (Phi) is 5.06. The fraction of sp³-hybridized carbons (Fsp3) is 0.538. The second kappa shape index (κ2) is 5.98. The number of hydrogen-bond donors (Lipinski definition) is 0. The first kappa shape index (κ1) is 16.1. The first-order chi connectivity index (χ1) is 8.70. The van der Waals surface area contributed by atoms with Gasteiger partial charge >= 0.3 is 0 Å². The molecule has 1 aromatic rings. The predicted molar refractivity (Wildman–Crippen MR) is 71.6 cm³/mol. The molecule has 6 heteroatoms. The van der Waals surface area contributed by atoms with Gasteiger partial charge in [-0.05, 0) is 43.0 Å². The van der Waals surface area contributed by atoms with Crippen molar-refractivity contribution in [3.05, 3.63) is 29.1 Å². The highest BCUT2D eigenvalue weighted by atomic mass is 32.2. The van der Waals surface area contributed by atoms with Crippen LogP contribution in [0.1, 0.15) is 25.0 Å². The van der Waals surface area contributed by atoms with Gasteiger partial charge in [0.1, 0.15) is 5.82 Å². The maximum absolute atomic E-state index is 13.2. The second-order valence-corrected chi connectivity index (χ2v) is 6.70. The van der Waals surface area contributed by atoms with Gasteiger partial charge in [0.25, 0.3) is 10.0 Å². The van der Waals surface area contributed by atoms with Crippen molar-refractivity contribution >= 4 is 10.0 Å². The summed E-state index contributed by atoms with van der Waals surface area (Å²) in [6.45, 7) is 7.19. The Morgan fingerprint density at radius 3 is 2.11 bits per heavy atom. The Morgan fingerprint density at radius 2 is 1.74 bits per heavy atom. The molecule has 0 aliphatic heterocycles. The van der Waals surface area contributed by atoms with Crippen LogP contribution >= 0.6 is 0 Å². The SMILES string of the molecule is CON(CC(C)C)S(=O)(=O)c1c(C)cc(F)cc1C. The summed E-state index contributed by atoms with van der Waals surface area (Å²) in [6, 6.07) is 2.42. The van der Waals surface area contributed by atoms with E-state index in [2.05, 4.69) is 0 Å². The lowest BCUT2D eigenvalue weighted by molar-refractivity contribution is -0.0558. The molecule has 1 aromatic carbocycles. The Bertz CT molecular complexity index is 532. The standard InChI is InChI=1S/C13H20FNO3S/c1-9(2)8-15(18-5)19(16,17)13-10(3)6-12(14)7-11(13)4/h6-7,9H,8H2,1-5H3. The van der Waals surface area contributed by atoms with Crippen molar-refractivity contribution in [3.63, 3.8) is 0 Å². The average molecular weight is 289 g/mol. The van der Waals surface area contributed by atoms with Crippen LogP contribution in [0.4, 0.5) is 4.39 Å². The van der Waals surface area contributed by atoms with Crippen molar-refractivity contribution in [2.24, 2.45) is 5.92 Å². The third-order valence-corrected chi connectivity index (χ3v) is 4.66. The van der Waals surface area contributed by atoms with Gasteiger partial charge in [0.05, 0.1) is 12.0 Å². The summed E-state index contributed by atoms with van der Waals surface area (Å²) >= 11 is 0. The van der Waals surface area contributed by atoms with Crippen LogP contribution in [0.5, 0.6) is 0 Å². The molecule has 0 atom stereocenters. The summed E-state index contributed by atoms with van der Waals surface area (Å²) in [4.78, 5) is 5.08. The predicted octanol–water partition coefficient (Wildman–Crippen LogP) is 2.65. The quantitative estimate of drug-likeness (QED) is 0.783. The van der Waals surface area contributed by atoms with Gasteiger partial charge in [0.2, 0.25) is 0 Å². The highest BCUT2D eigenvalue weighted by Crippen LogP contribution is 2.25. The molecule has 0 amide bonds. The molecule has 0 aliphatic rings. The largest absolute Gasteiger partial charge is 0.287 e. The smallest absolute Gasteiger partial charge is 0.265 e. The van der Waals surface area contributed by atoms with Crippen LogP contribution in [0.3, 0.4) is 0 Å². The fourth-order valence-corrected chi connectivity index (χ4v) is 3.80. The van der Waals surface area contributed by atoms with E-state index in [1.165, 1.54) is 19.2 Å². The van der Waals surface area contributed by atoms with E-state index >= 15 is 0 Å². The molecule has 0 unspecified atom stereocenters. The maximum Gasteiger partial charge on any atom is 0.265 e. The van der Waals surface area contributed by atoms with E-state index in [0.29, 0.717) is 11.1 Å². The van der Waals surface area contributed by atoms with Crippen molar-refractivity contribution < 1.29 is 17.6 Å². The molecule has 108 valence electrons. The normalized spacial score (nSPS) is 12.4. The number of sulfonamides is 1. The van der Waals surface area contributed by atoms with Crippen LogP contribution in [0.15, 0.2) is 17.0 Å². The van der Waals surface area contributed by atoms with Crippen LogP contribution in [-0.2, 0) is 14.9 Å². The summed E-state index contributed by atoms with van der Waals surface area (Å²) in [7, 11) is -2.47. The van der Waals surface area contributed by atoms with E-state index in [1.54, 1.807) is 13.8 Å². The van der Waals surface area contributed by atoms with E-state index in [0.717, 1.165) is 4.47 Å². The van der Waals surface area contributed by atoms with Crippen molar-refractivity contribution in [2.75, 3.05) is 13.7 Å². The summed E-state index contributed by atoms with van der Waals surface area (Å²) < 4.78 is 39.3. The molecule has 0 N–H and O–H groups in total. The lowest BCUT2D eigenvalue weighted by Crippen LogP contribution is -2.34. The zero-order valence-electron chi connectivity index (χ0n) is 11.9. The maximum atomic E-state index is 13.2. The lowest BCUT2D eigenvalue weighted by Gasteiger charge is -2.23. The monoisotopic (exact) mass is 289 g/mol. The molecule has 4 nitrogen and oxygen atoms in total. The minimum Gasteiger partial charge on any atom is -0.287 e. The van der Waals surface area contributed by atoms with Gasteiger partial charge in [0.15, 0.2) is 0 Å². The molecule has 0 fully saturated rings. The minimum atomic E-state index is -3.78. The van der Waals surface area contributed by atoms with Gasteiger partial charge in [-0.15, -0.1) is 0 Å². The summed E-state index contributed by atoms with van der Waals surface area (Å²) in [6.07, 6.45) is 0. The Labute approximate surface area is 114 Å². The zero-order chi connectivity index (χ0) is 14.8. The number of rotatable bonds is 5. The van der Waals surface area contributed by atoms with Crippen LogP contribution in [0, 0.1) is 25.6 Å². The van der Waals surface area contributed by atoms with E-state index < -0.39 is 15.8 Å². The van der Waals surface area contributed by atoms with E-state index in [9.17, 15) is 12.8 Å². The minimum absolute atomic E-state index is 0.108. The summed E-state index contributed by atoms with van der Waals surface area (Å²) in [5.74, 6) is -0.322. The Hall–Kier alpha value is -0.980. The Morgan fingerprint density at radius 1 is 1.26 bits per heavy atom. The summed E-state index contributed by atoms with van der Waals surface area (Å²) in [5, 5.41) is 0. The van der Waals surface area contributed by atoms with Gasteiger partial charge in [-0.25, -0.2) is 12.8 Å². The molecule has 0 spiro atoms. The highest BCUT2D eigenvalue weighted by molar-refractivity contribution is 7.89.